The molecule has 0 spiro atoms. The van der Waals surface area contributed by atoms with E-state index >= 15 is 0 Å². The molecule has 27 heavy (non-hydrogen) atoms. The van der Waals surface area contributed by atoms with E-state index < -0.39 is 5.41 Å². The van der Waals surface area contributed by atoms with Gasteiger partial charge in [-0.2, -0.15) is 10.2 Å². The van der Waals surface area contributed by atoms with Crippen molar-refractivity contribution in [3.05, 3.63) is 58.4 Å². The second-order valence-electron chi connectivity index (χ2n) is 8.65. The first kappa shape index (κ1) is 18.1. The summed E-state index contributed by atoms with van der Waals surface area (Å²) in [5, 5.41) is 15.4. The van der Waals surface area contributed by atoms with Crippen LogP contribution in [0, 0.1) is 5.41 Å². The van der Waals surface area contributed by atoms with Gasteiger partial charge in [0.25, 0.3) is 0 Å². The number of benzene rings is 1. The zero-order chi connectivity index (χ0) is 19.2. The van der Waals surface area contributed by atoms with E-state index in [1.165, 1.54) is 11.1 Å². The van der Waals surface area contributed by atoms with Crippen molar-refractivity contribution in [3.63, 3.8) is 0 Å². The van der Waals surface area contributed by atoms with E-state index in [9.17, 15) is 4.79 Å². The fraction of sp³-hybridized carbons (Fsp3) is 0.500. The summed E-state index contributed by atoms with van der Waals surface area (Å²) in [6.45, 7) is 7.30. The van der Waals surface area contributed by atoms with Gasteiger partial charge in [0.05, 0.1) is 11.6 Å². The summed E-state index contributed by atoms with van der Waals surface area (Å²) in [6, 6.07) is 8.61. The van der Waals surface area contributed by atoms with Crippen LogP contribution in [0.15, 0.2) is 57.5 Å². The lowest BCUT2D eigenvalue weighted by atomic mass is 9.59. The number of carbonyl (C=O) groups excluding carboxylic acids is 1. The van der Waals surface area contributed by atoms with E-state index in [1.54, 1.807) is 0 Å². The van der Waals surface area contributed by atoms with Gasteiger partial charge in [-0.1, -0.05) is 45.0 Å². The van der Waals surface area contributed by atoms with Crippen LogP contribution in [0.1, 0.15) is 51.2 Å². The Labute approximate surface area is 161 Å². The van der Waals surface area contributed by atoms with E-state index in [1.807, 2.05) is 13.2 Å². The summed E-state index contributed by atoms with van der Waals surface area (Å²) >= 11 is 0. The van der Waals surface area contributed by atoms with Crippen LogP contribution in [0.4, 0.5) is 0 Å². The van der Waals surface area contributed by atoms with Gasteiger partial charge < -0.3 is 10.6 Å². The molecule has 142 valence electrons. The third-order valence-corrected chi connectivity index (χ3v) is 6.11. The Morgan fingerprint density at radius 2 is 2.11 bits per heavy atom. The normalized spacial score (nSPS) is 28.5. The molecule has 1 aliphatic carbocycles. The van der Waals surface area contributed by atoms with Gasteiger partial charge >= 0.3 is 0 Å². The summed E-state index contributed by atoms with van der Waals surface area (Å²) in [7, 11) is 1.95. The van der Waals surface area contributed by atoms with Crippen molar-refractivity contribution in [3.8, 4) is 0 Å². The lowest BCUT2D eigenvalue weighted by Crippen LogP contribution is -2.51. The summed E-state index contributed by atoms with van der Waals surface area (Å²) in [4.78, 5) is 13.4. The highest BCUT2D eigenvalue weighted by Gasteiger charge is 2.52. The first-order chi connectivity index (χ1) is 12.9. The number of azo groups is 1. The molecule has 5 heteroatoms. The Balaban J connectivity index is 1.95. The van der Waals surface area contributed by atoms with Crippen LogP contribution in [0.3, 0.4) is 0 Å². The molecule has 0 bridgehead atoms. The van der Waals surface area contributed by atoms with E-state index in [2.05, 4.69) is 65.9 Å². The van der Waals surface area contributed by atoms with Crippen LogP contribution < -0.4 is 10.6 Å². The number of Topliss-reactive ketones (excluding diaryl/α,β-unsaturated/α-hetero) is 1. The second-order valence-corrected chi connectivity index (χ2v) is 8.65. The number of nitrogens with zero attached hydrogens (tertiary/aromatic N) is 2. The fourth-order valence-corrected chi connectivity index (χ4v) is 5.04. The molecule has 0 amide bonds. The number of ketones is 1. The Morgan fingerprint density at radius 1 is 1.30 bits per heavy atom. The zero-order valence-corrected chi connectivity index (χ0v) is 16.6. The molecule has 0 aromatic heterocycles. The number of fused-ring (bicyclic) bond motifs is 1. The molecule has 1 aromatic carbocycles. The number of nitrogens with one attached hydrogen (secondary N) is 2. The molecule has 2 heterocycles. The van der Waals surface area contributed by atoms with Crippen LogP contribution >= 0.6 is 0 Å². The Morgan fingerprint density at radius 3 is 2.85 bits per heavy atom. The first-order valence-electron chi connectivity index (χ1n) is 9.79. The Bertz CT molecular complexity index is 880. The molecular weight excluding hydrogens is 336 g/mol. The Kier molecular flexibility index (Phi) is 4.30. The number of hydrogen-bond donors (Lipinski definition) is 2. The molecule has 1 aromatic rings. The van der Waals surface area contributed by atoms with Gasteiger partial charge in [-0.15, -0.1) is 0 Å². The topological polar surface area (TPSA) is 65.8 Å². The third kappa shape index (κ3) is 2.76. The smallest absolute Gasteiger partial charge is 0.164 e. The van der Waals surface area contributed by atoms with Gasteiger partial charge in [0, 0.05) is 29.8 Å². The molecule has 2 unspecified atom stereocenters. The standard InChI is InChI=1S/C22H28N4O/c1-5-22(15-8-6-7-14(9-15)12-23-4)16-13-24-26-20(16)25-17-10-21(2,3)11-18(27)19(17)22/h6-9,13,20,23,25H,5,10-12H2,1-4H3. The molecule has 0 radical (unpaired) electrons. The monoisotopic (exact) mass is 364 g/mol. The van der Waals surface area contributed by atoms with Crippen LogP contribution in [-0.4, -0.2) is 19.0 Å². The van der Waals surface area contributed by atoms with Crippen molar-refractivity contribution >= 4 is 5.78 Å². The van der Waals surface area contributed by atoms with Crippen LogP contribution in [0.25, 0.3) is 0 Å². The molecule has 0 saturated heterocycles. The predicted molar refractivity (Wildman–Crippen MR) is 106 cm³/mol. The maximum absolute atomic E-state index is 13.4. The quantitative estimate of drug-likeness (QED) is 0.849. The van der Waals surface area contributed by atoms with Gasteiger partial charge in [0.15, 0.2) is 11.9 Å². The summed E-state index contributed by atoms with van der Waals surface area (Å²) < 4.78 is 0. The van der Waals surface area contributed by atoms with Crippen molar-refractivity contribution in [2.75, 3.05) is 7.05 Å². The summed E-state index contributed by atoms with van der Waals surface area (Å²) in [5.41, 5.74) is 4.98. The Hall–Kier alpha value is -2.27. The van der Waals surface area contributed by atoms with Crippen molar-refractivity contribution in [2.24, 2.45) is 15.6 Å². The number of hydrogen-bond acceptors (Lipinski definition) is 5. The zero-order valence-electron chi connectivity index (χ0n) is 16.6. The summed E-state index contributed by atoms with van der Waals surface area (Å²) in [6.07, 6.45) is 3.96. The number of allylic oxidation sites excluding steroid dienone is 2. The van der Waals surface area contributed by atoms with E-state index in [0.717, 1.165) is 36.2 Å². The van der Waals surface area contributed by atoms with E-state index in [-0.39, 0.29) is 17.4 Å². The van der Waals surface area contributed by atoms with Gasteiger partial charge in [-0.05, 0) is 36.4 Å². The molecule has 3 aliphatic rings. The molecule has 2 aliphatic heterocycles. The van der Waals surface area contributed by atoms with Crippen LogP contribution in [0.5, 0.6) is 0 Å². The van der Waals surface area contributed by atoms with E-state index in [0.29, 0.717) is 6.42 Å². The number of rotatable bonds is 4. The lowest BCUT2D eigenvalue weighted by molar-refractivity contribution is -0.119. The number of carbonyl (C=O) groups is 1. The molecule has 2 N–H and O–H groups in total. The molecule has 0 saturated carbocycles. The maximum Gasteiger partial charge on any atom is 0.164 e. The van der Waals surface area contributed by atoms with Crippen molar-refractivity contribution < 1.29 is 4.79 Å². The average Bonchev–Trinajstić information content (AvgIpc) is 3.08. The van der Waals surface area contributed by atoms with Crippen LogP contribution in [-0.2, 0) is 16.8 Å². The first-order valence-corrected chi connectivity index (χ1v) is 9.79. The van der Waals surface area contributed by atoms with Crippen molar-refractivity contribution in [1.82, 2.24) is 10.6 Å². The summed E-state index contributed by atoms with van der Waals surface area (Å²) in [5.74, 6) is 0.251. The minimum atomic E-state index is -0.452. The SMILES string of the molecule is CCC1(c2cccc(CNC)c2)C2=CN=NC2NC2=C1C(=O)CC(C)(C)C2. The maximum atomic E-state index is 13.4. The molecule has 0 fully saturated rings. The van der Waals surface area contributed by atoms with Gasteiger partial charge in [0.1, 0.15) is 0 Å². The minimum absolute atomic E-state index is 0.0344. The molecule has 2 atom stereocenters. The second kappa shape index (κ2) is 6.41. The predicted octanol–water partition coefficient (Wildman–Crippen LogP) is 3.98. The van der Waals surface area contributed by atoms with E-state index in [4.69, 9.17) is 0 Å². The third-order valence-electron chi connectivity index (χ3n) is 6.11. The highest BCUT2D eigenvalue weighted by molar-refractivity contribution is 6.01. The average molecular weight is 364 g/mol. The lowest BCUT2D eigenvalue weighted by Gasteiger charge is -2.47. The minimum Gasteiger partial charge on any atom is -0.362 e. The highest BCUT2D eigenvalue weighted by Crippen LogP contribution is 2.53. The molecular formula is C22H28N4O. The molecule has 5 nitrogen and oxygen atoms in total. The van der Waals surface area contributed by atoms with Crippen LogP contribution in [0.2, 0.25) is 0 Å². The van der Waals surface area contributed by atoms with Crippen molar-refractivity contribution in [1.29, 1.82) is 0 Å². The van der Waals surface area contributed by atoms with Gasteiger partial charge in [-0.3, -0.25) is 4.79 Å². The molecule has 4 rings (SSSR count). The van der Waals surface area contributed by atoms with Gasteiger partial charge in [0.2, 0.25) is 0 Å². The van der Waals surface area contributed by atoms with Gasteiger partial charge in [-0.25, -0.2) is 0 Å². The fourth-order valence-electron chi connectivity index (χ4n) is 5.04. The largest absolute Gasteiger partial charge is 0.362 e. The highest BCUT2D eigenvalue weighted by atomic mass is 16.1. The van der Waals surface area contributed by atoms with Crippen molar-refractivity contribution in [2.45, 2.75) is 58.2 Å².